The zero-order valence-electron chi connectivity index (χ0n) is 15.8. The SMILES string of the molecule is Cc1noc(-c2ccc(-c3ccccc3)cc2)c1CCOCc1ccncc1. The van der Waals surface area contributed by atoms with Crippen LogP contribution in [-0.2, 0) is 17.8 Å². The van der Waals surface area contributed by atoms with Crippen LogP contribution in [0.4, 0.5) is 0 Å². The number of benzene rings is 2. The van der Waals surface area contributed by atoms with E-state index in [2.05, 4.69) is 46.5 Å². The smallest absolute Gasteiger partial charge is 0.170 e. The number of aromatic nitrogens is 2. The molecule has 0 bridgehead atoms. The Labute approximate surface area is 164 Å². The molecule has 4 heteroatoms. The first-order valence-corrected chi connectivity index (χ1v) is 9.39. The summed E-state index contributed by atoms with van der Waals surface area (Å²) >= 11 is 0. The van der Waals surface area contributed by atoms with Gasteiger partial charge in [-0.15, -0.1) is 0 Å². The summed E-state index contributed by atoms with van der Waals surface area (Å²) in [5, 5.41) is 4.17. The molecule has 0 radical (unpaired) electrons. The monoisotopic (exact) mass is 370 g/mol. The molecule has 0 N–H and O–H groups in total. The zero-order chi connectivity index (χ0) is 19.2. The fourth-order valence-electron chi connectivity index (χ4n) is 3.20. The van der Waals surface area contributed by atoms with E-state index in [0.717, 1.165) is 34.6 Å². The van der Waals surface area contributed by atoms with Gasteiger partial charge in [0, 0.05) is 29.9 Å². The highest BCUT2D eigenvalue weighted by Gasteiger charge is 2.15. The summed E-state index contributed by atoms with van der Waals surface area (Å²) in [6.07, 6.45) is 4.32. The molecule has 0 aliphatic heterocycles. The predicted molar refractivity (Wildman–Crippen MR) is 110 cm³/mol. The maximum atomic E-state index is 5.82. The van der Waals surface area contributed by atoms with Gasteiger partial charge in [0.1, 0.15) is 0 Å². The molecule has 0 amide bonds. The van der Waals surface area contributed by atoms with Gasteiger partial charge in [-0.3, -0.25) is 4.98 Å². The molecule has 0 aliphatic carbocycles. The van der Waals surface area contributed by atoms with Crippen molar-refractivity contribution in [1.29, 1.82) is 0 Å². The third-order valence-corrected chi connectivity index (χ3v) is 4.75. The molecule has 2 aromatic heterocycles. The Kier molecular flexibility index (Phi) is 5.59. The first-order valence-electron chi connectivity index (χ1n) is 9.39. The van der Waals surface area contributed by atoms with Crippen LogP contribution >= 0.6 is 0 Å². The number of pyridine rings is 1. The van der Waals surface area contributed by atoms with E-state index in [1.807, 2.05) is 37.3 Å². The first kappa shape index (κ1) is 18.1. The van der Waals surface area contributed by atoms with E-state index in [1.165, 1.54) is 11.1 Å². The summed E-state index contributed by atoms with van der Waals surface area (Å²) in [4.78, 5) is 4.02. The Balaban J connectivity index is 1.44. The molecule has 4 rings (SSSR count). The number of rotatable bonds is 7. The summed E-state index contributed by atoms with van der Waals surface area (Å²) in [6, 6.07) is 22.7. The fraction of sp³-hybridized carbons (Fsp3) is 0.167. The number of aryl methyl sites for hydroxylation is 1. The zero-order valence-corrected chi connectivity index (χ0v) is 15.8. The third kappa shape index (κ3) is 4.18. The number of nitrogens with zero attached hydrogens (tertiary/aromatic N) is 2. The van der Waals surface area contributed by atoms with Crippen molar-refractivity contribution in [2.24, 2.45) is 0 Å². The van der Waals surface area contributed by atoms with Crippen LogP contribution in [0.5, 0.6) is 0 Å². The van der Waals surface area contributed by atoms with Crippen molar-refractivity contribution in [3.8, 4) is 22.5 Å². The molecule has 4 aromatic rings. The lowest BCUT2D eigenvalue weighted by molar-refractivity contribution is 0.123. The van der Waals surface area contributed by atoms with Crippen LogP contribution < -0.4 is 0 Å². The molecule has 2 aromatic carbocycles. The predicted octanol–water partition coefficient (Wildman–Crippen LogP) is 5.47. The Morgan fingerprint density at radius 3 is 2.25 bits per heavy atom. The second-order valence-corrected chi connectivity index (χ2v) is 6.68. The number of ether oxygens (including phenoxy) is 1. The lowest BCUT2D eigenvalue weighted by Crippen LogP contribution is -2.01. The molecule has 0 unspecified atom stereocenters. The van der Waals surface area contributed by atoms with E-state index in [4.69, 9.17) is 9.26 Å². The number of hydrogen-bond donors (Lipinski definition) is 0. The Bertz CT molecular complexity index is 1010. The molecule has 0 spiro atoms. The van der Waals surface area contributed by atoms with E-state index in [1.54, 1.807) is 12.4 Å². The van der Waals surface area contributed by atoms with Crippen LogP contribution in [0.15, 0.2) is 83.6 Å². The summed E-state index contributed by atoms with van der Waals surface area (Å²) in [5.41, 5.74) is 6.55. The molecule has 0 saturated carbocycles. The summed E-state index contributed by atoms with van der Waals surface area (Å²) in [6.45, 7) is 3.16. The van der Waals surface area contributed by atoms with Crippen LogP contribution in [0.25, 0.3) is 22.5 Å². The molecular weight excluding hydrogens is 348 g/mol. The maximum absolute atomic E-state index is 5.82. The van der Waals surface area contributed by atoms with E-state index in [9.17, 15) is 0 Å². The molecule has 0 atom stereocenters. The van der Waals surface area contributed by atoms with Gasteiger partial charge in [-0.1, -0.05) is 59.8 Å². The van der Waals surface area contributed by atoms with Crippen molar-refractivity contribution >= 4 is 0 Å². The van der Waals surface area contributed by atoms with Crippen LogP contribution in [0.2, 0.25) is 0 Å². The van der Waals surface area contributed by atoms with Crippen LogP contribution in [0.3, 0.4) is 0 Å². The highest BCUT2D eigenvalue weighted by Crippen LogP contribution is 2.29. The highest BCUT2D eigenvalue weighted by atomic mass is 16.5. The Hall–Kier alpha value is -3.24. The lowest BCUT2D eigenvalue weighted by Gasteiger charge is -2.06. The van der Waals surface area contributed by atoms with E-state index >= 15 is 0 Å². The van der Waals surface area contributed by atoms with Gasteiger partial charge in [0.15, 0.2) is 5.76 Å². The van der Waals surface area contributed by atoms with Gasteiger partial charge in [0.2, 0.25) is 0 Å². The van der Waals surface area contributed by atoms with Crippen molar-refractivity contribution in [2.45, 2.75) is 20.0 Å². The quantitative estimate of drug-likeness (QED) is 0.405. The van der Waals surface area contributed by atoms with Crippen molar-refractivity contribution in [3.05, 3.63) is 95.9 Å². The van der Waals surface area contributed by atoms with E-state index < -0.39 is 0 Å². The lowest BCUT2D eigenvalue weighted by atomic mass is 10.0. The summed E-state index contributed by atoms with van der Waals surface area (Å²) < 4.78 is 11.4. The molecule has 2 heterocycles. The minimum atomic E-state index is 0.577. The maximum Gasteiger partial charge on any atom is 0.170 e. The minimum Gasteiger partial charge on any atom is -0.376 e. The Morgan fingerprint density at radius 2 is 1.50 bits per heavy atom. The summed E-state index contributed by atoms with van der Waals surface area (Å²) in [5.74, 6) is 0.824. The van der Waals surface area contributed by atoms with Crippen molar-refractivity contribution in [1.82, 2.24) is 10.1 Å². The van der Waals surface area contributed by atoms with Gasteiger partial charge in [-0.2, -0.15) is 0 Å². The molecule has 0 aliphatic rings. The normalized spacial score (nSPS) is 10.9. The molecule has 28 heavy (non-hydrogen) atoms. The van der Waals surface area contributed by atoms with Crippen molar-refractivity contribution in [3.63, 3.8) is 0 Å². The largest absolute Gasteiger partial charge is 0.376 e. The van der Waals surface area contributed by atoms with Gasteiger partial charge in [-0.05, 0) is 35.7 Å². The second-order valence-electron chi connectivity index (χ2n) is 6.68. The van der Waals surface area contributed by atoms with Gasteiger partial charge in [-0.25, -0.2) is 0 Å². The molecule has 4 nitrogen and oxygen atoms in total. The van der Waals surface area contributed by atoms with Crippen molar-refractivity contribution < 1.29 is 9.26 Å². The molecule has 0 fully saturated rings. The van der Waals surface area contributed by atoms with Gasteiger partial charge in [0.25, 0.3) is 0 Å². The van der Waals surface area contributed by atoms with E-state index in [-0.39, 0.29) is 0 Å². The van der Waals surface area contributed by atoms with Crippen LogP contribution in [0, 0.1) is 6.92 Å². The fourth-order valence-corrected chi connectivity index (χ4v) is 3.20. The molecular formula is C24H22N2O2. The van der Waals surface area contributed by atoms with Crippen LogP contribution in [-0.4, -0.2) is 16.7 Å². The van der Waals surface area contributed by atoms with Crippen molar-refractivity contribution in [2.75, 3.05) is 6.61 Å². The van der Waals surface area contributed by atoms with Gasteiger partial charge in [0.05, 0.1) is 18.9 Å². The summed E-state index contributed by atoms with van der Waals surface area (Å²) in [7, 11) is 0. The van der Waals surface area contributed by atoms with E-state index in [0.29, 0.717) is 13.2 Å². The van der Waals surface area contributed by atoms with Crippen LogP contribution in [0.1, 0.15) is 16.8 Å². The highest BCUT2D eigenvalue weighted by molar-refractivity contribution is 5.69. The number of hydrogen-bond acceptors (Lipinski definition) is 4. The second kappa shape index (κ2) is 8.63. The van der Waals surface area contributed by atoms with Gasteiger partial charge >= 0.3 is 0 Å². The third-order valence-electron chi connectivity index (χ3n) is 4.75. The average molecular weight is 370 g/mol. The molecule has 0 saturated heterocycles. The molecule has 140 valence electrons. The minimum absolute atomic E-state index is 0.577. The van der Waals surface area contributed by atoms with Gasteiger partial charge < -0.3 is 9.26 Å². The first-order chi connectivity index (χ1) is 13.8. The standard InChI is InChI=1S/C24H22N2O2/c1-18-23(13-16-27-17-19-11-14-25-15-12-19)24(28-26-18)22-9-7-21(8-10-22)20-5-3-2-4-6-20/h2-12,14-15H,13,16-17H2,1H3. The topological polar surface area (TPSA) is 48.2 Å². The Morgan fingerprint density at radius 1 is 0.821 bits per heavy atom. The average Bonchev–Trinajstić information content (AvgIpc) is 3.13.